The molecule has 0 heterocycles. The summed E-state index contributed by atoms with van der Waals surface area (Å²) in [5.74, 6) is 1.23. The van der Waals surface area contributed by atoms with Crippen molar-refractivity contribution in [2.24, 2.45) is 22.7 Å². The van der Waals surface area contributed by atoms with Gasteiger partial charge >= 0.3 is 0 Å². The van der Waals surface area contributed by atoms with Gasteiger partial charge in [-0.2, -0.15) is 0 Å². The van der Waals surface area contributed by atoms with Gasteiger partial charge in [-0.15, -0.1) is 0 Å². The van der Waals surface area contributed by atoms with Gasteiger partial charge in [0.2, 0.25) is 0 Å². The van der Waals surface area contributed by atoms with E-state index in [9.17, 15) is 4.79 Å². The molecule has 1 heteroatoms. The zero-order valence-electron chi connectivity index (χ0n) is 11.9. The molecule has 0 unspecified atom stereocenters. The first-order chi connectivity index (χ1) is 7.08. The molecule has 0 aromatic heterocycles. The van der Waals surface area contributed by atoms with E-state index in [1.807, 2.05) is 0 Å². The Morgan fingerprint density at radius 1 is 0.875 bits per heavy atom. The molecule has 1 rings (SSSR count). The Morgan fingerprint density at radius 3 is 1.44 bits per heavy atom. The van der Waals surface area contributed by atoms with E-state index in [1.54, 1.807) is 0 Å². The molecular weight excluding hydrogens is 196 g/mol. The fraction of sp³-hybridized carbons (Fsp3) is 0.933. The zero-order valence-corrected chi connectivity index (χ0v) is 11.9. The van der Waals surface area contributed by atoms with Crippen molar-refractivity contribution >= 4 is 5.78 Å². The van der Waals surface area contributed by atoms with E-state index >= 15 is 0 Å². The van der Waals surface area contributed by atoms with Crippen LogP contribution in [0.1, 0.15) is 67.2 Å². The molecule has 94 valence electrons. The monoisotopic (exact) mass is 224 g/mol. The summed E-state index contributed by atoms with van der Waals surface area (Å²) in [7, 11) is 0. The number of Topliss-reactive ketones (excluding diaryl/α,β-unsaturated/α-hetero) is 1. The second-order valence-electron chi connectivity index (χ2n) is 7.90. The third kappa shape index (κ3) is 4.27. The van der Waals surface area contributed by atoms with Crippen molar-refractivity contribution in [1.29, 1.82) is 0 Å². The number of hydrogen-bond acceptors (Lipinski definition) is 1. The van der Waals surface area contributed by atoms with Crippen molar-refractivity contribution in [2.75, 3.05) is 0 Å². The van der Waals surface area contributed by atoms with Gasteiger partial charge in [0, 0.05) is 11.8 Å². The Kier molecular flexibility index (Phi) is 3.87. The van der Waals surface area contributed by atoms with Crippen LogP contribution in [0.25, 0.3) is 0 Å². The van der Waals surface area contributed by atoms with Gasteiger partial charge in [0.15, 0.2) is 0 Å². The van der Waals surface area contributed by atoms with E-state index in [4.69, 9.17) is 0 Å². The molecule has 16 heavy (non-hydrogen) atoms. The van der Waals surface area contributed by atoms with Crippen molar-refractivity contribution in [2.45, 2.75) is 67.2 Å². The third-order valence-electron chi connectivity index (χ3n) is 3.39. The molecule has 0 aromatic carbocycles. The maximum Gasteiger partial charge on any atom is 0.139 e. The first-order valence-corrected chi connectivity index (χ1v) is 6.62. The quantitative estimate of drug-likeness (QED) is 0.677. The van der Waals surface area contributed by atoms with Crippen molar-refractivity contribution in [3.8, 4) is 0 Å². The molecule has 0 saturated heterocycles. The largest absolute Gasteiger partial charge is 0.299 e. The van der Waals surface area contributed by atoms with Crippen LogP contribution < -0.4 is 0 Å². The average molecular weight is 224 g/mol. The van der Waals surface area contributed by atoms with Crippen LogP contribution in [0, 0.1) is 22.7 Å². The van der Waals surface area contributed by atoms with Crippen molar-refractivity contribution in [3.05, 3.63) is 0 Å². The molecule has 0 radical (unpaired) electrons. The minimum Gasteiger partial charge on any atom is -0.299 e. The van der Waals surface area contributed by atoms with Gasteiger partial charge < -0.3 is 0 Å². The SMILES string of the molecule is CC(C)(C)C[C@H]1CC[C@@H](CC(C)(C)C)C1=O. The van der Waals surface area contributed by atoms with Crippen LogP contribution in [0.15, 0.2) is 0 Å². The molecular formula is C15H28O. The number of ketones is 1. The summed E-state index contributed by atoms with van der Waals surface area (Å²) in [5, 5.41) is 0. The molecule has 0 aromatic rings. The smallest absolute Gasteiger partial charge is 0.139 e. The molecule has 0 amide bonds. The van der Waals surface area contributed by atoms with Gasteiger partial charge in [0.25, 0.3) is 0 Å². The molecule has 1 saturated carbocycles. The van der Waals surface area contributed by atoms with Gasteiger partial charge in [0.1, 0.15) is 5.78 Å². The van der Waals surface area contributed by atoms with Crippen LogP contribution in [-0.2, 0) is 4.79 Å². The fourth-order valence-electron chi connectivity index (χ4n) is 2.90. The van der Waals surface area contributed by atoms with Crippen molar-refractivity contribution in [1.82, 2.24) is 0 Å². The zero-order chi connectivity index (χ0) is 12.6. The molecule has 1 fully saturated rings. The molecule has 0 spiro atoms. The lowest BCUT2D eigenvalue weighted by atomic mass is 9.80. The lowest BCUT2D eigenvalue weighted by Crippen LogP contribution is -2.22. The molecule has 2 atom stereocenters. The highest BCUT2D eigenvalue weighted by molar-refractivity contribution is 5.85. The van der Waals surface area contributed by atoms with E-state index in [-0.39, 0.29) is 10.8 Å². The summed E-state index contributed by atoms with van der Waals surface area (Å²) in [6.45, 7) is 13.4. The maximum atomic E-state index is 12.3. The van der Waals surface area contributed by atoms with Crippen molar-refractivity contribution in [3.63, 3.8) is 0 Å². The molecule has 1 nitrogen and oxygen atoms in total. The summed E-state index contributed by atoms with van der Waals surface area (Å²) < 4.78 is 0. The summed E-state index contributed by atoms with van der Waals surface area (Å²) in [6, 6.07) is 0. The predicted octanol–water partition coefficient (Wildman–Crippen LogP) is 4.45. The van der Waals surface area contributed by atoms with Crippen molar-refractivity contribution < 1.29 is 4.79 Å². The molecule has 0 N–H and O–H groups in total. The first-order valence-electron chi connectivity index (χ1n) is 6.62. The van der Waals surface area contributed by atoms with Crippen LogP contribution in [0.2, 0.25) is 0 Å². The van der Waals surface area contributed by atoms with Gasteiger partial charge in [-0.1, -0.05) is 41.5 Å². The Balaban J connectivity index is 2.55. The maximum absolute atomic E-state index is 12.3. The van der Waals surface area contributed by atoms with Crippen LogP contribution in [0.4, 0.5) is 0 Å². The second kappa shape index (κ2) is 4.50. The van der Waals surface area contributed by atoms with E-state index < -0.39 is 0 Å². The van der Waals surface area contributed by atoms with Gasteiger partial charge in [-0.25, -0.2) is 0 Å². The minimum atomic E-state index is 0.289. The number of carbonyl (C=O) groups is 1. The molecule has 1 aliphatic carbocycles. The third-order valence-corrected chi connectivity index (χ3v) is 3.39. The minimum absolute atomic E-state index is 0.289. The van der Waals surface area contributed by atoms with Crippen LogP contribution in [-0.4, -0.2) is 5.78 Å². The lowest BCUT2D eigenvalue weighted by Gasteiger charge is -2.24. The molecule has 0 bridgehead atoms. The summed E-state index contributed by atoms with van der Waals surface area (Å²) in [5.41, 5.74) is 0.577. The van der Waals surface area contributed by atoms with Crippen LogP contribution in [0.3, 0.4) is 0 Å². The van der Waals surface area contributed by atoms with E-state index in [1.165, 1.54) is 0 Å². The van der Waals surface area contributed by atoms with Crippen LogP contribution in [0.5, 0.6) is 0 Å². The summed E-state index contributed by atoms with van der Waals surface area (Å²) in [4.78, 5) is 12.3. The Bertz CT molecular complexity index is 226. The first kappa shape index (κ1) is 13.7. The Morgan fingerprint density at radius 2 is 1.19 bits per heavy atom. The summed E-state index contributed by atoms with van der Waals surface area (Å²) in [6.07, 6.45) is 4.37. The fourth-order valence-corrected chi connectivity index (χ4v) is 2.90. The number of rotatable bonds is 2. The Labute approximate surface area is 101 Å². The van der Waals surface area contributed by atoms with Crippen LogP contribution >= 0.6 is 0 Å². The Hall–Kier alpha value is -0.330. The summed E-state index contributed by atoms with van der Waals surface area (Å²) >= 11 is 0. The topological polar surface area (TPSA) is 17.1 Å². The molecule has 0 aliphatic heterocycles. The predicted molar refractivity (Wildman–Crippen MR) is 69.4 cm³/mol. The lowest BCUT2D eigenvalue weighted by molar-refractivity contribution is -0.125. The van der Waals surface area contributed by atoms with Gasteiger partial charge in [0.05, 0.1) is 0 Å². The highest BCUT2D eigenvalue weighted by Gasteiger charge is 2.37. The molecule has 1 aliphatic rings. The van der Waals surface area contributed by atoms with E-state index in [0.717, 1.165) is 25.7 Å². The number of carbonyl (C=O) groups excluding carboxylic acids is 1. The van der Waals surface area contributed by atoms with E-state index in [2.05, 4.69) is 41.5 Å². The normalized spacial score (nSPS) is 27.5. The second-order valence-corrected chi connectivity index (χ2v) is 7.90. The van der Waals surface area contributed by atoms with Gasteiger partial charge in [-0.05, 0) is 36.5 Å². The highest BCUT2D eigenvalue weighted by atomic mass is 16.1. The highest BCUT2D eigenvalue weighted by Crippen LogP contribution is 2.40. The average Bonchev–Trinajstić information content (AvgIpc) is 2.30. The van der Waals surface area contributed by atoms with Gasteiger partial charge in [-0.3, -0.25) is 4.79 Å². The standard InChI is InChI=1S/C15H28O/c1-14(2,3)9-11-7-8-12(13(11)16)10-15(4,5)6/h11-12H,7-10H2,1-6H3/t11-,12+. The van der Waals surface area contributed by atoms with E-state index in [0.29, 0.717) is 17.6 Å². The number of hydrogen-bond donors (Lipinski definition) is 0.